The molecule has 1 fully saturated rings. The molecule has 0 spiro atoms. The fourth-order valence-electron chi connectivity index (χ4n) is 2.34. The normalized spacial score (nSPS) is 20.1. The van der Waals surface area contributed by atoms with E-state index in [1.165, 1.54) is 17.5 Å². The Morgan fingerprint density at radius 1 is 1.45 bits per heavy atom. The van der Waals surface area contributed by atoms with Crippen molar-refractivity contribution in [2.45, 2.75) is 30.7 Å². The summed E-state index contributed by atoms with van der Waals surface area (Å²) >= 11 is 6.03. The molecule has 0 amide bonds. The second-order valence-corrected chi connectivity index (χ2v) is 7.00. The van der Waals surface area contributed by atoms with Gasteiger partial charge in [0.05, 0.1) is 12.1 Å². The van der Waals surface area contributed by atoms with Crippen LogP contribution in [0.1, 0.15) is 18.4 Å². The number of methoxy groups -OCH3 is 1. The third-order valence-electron chi connectivity index (χ3n) is 3.35. The molecule has 1 aromatic carbocycles. The minimum atomic E-state index is -3.79. The zero-order chi connectivity index (χ0) is 14.9. The van der Waals surface area contributed by atoms with Crippen LogP contribution in [0.15, 0.2) is 23.1 Å². The Bertz CT molecular complexity index is 629. The van der Waals surface area contributed by atoms with Crippen LogP contribution < -0.4 is 0 Å². The van der Waals surface area contributed by atoms with Crippen LogP contribution in [0.5, 0.6) is 0 Å². The molecular formula is C13H16ClNO4S. The topological polar surface area (TPSA) is 63.7 Å². The van der Waals surface area contributed by atoms with E-state index in [9.17, 15) is 13.2 Å². The van der Waals surface area contributed by atoms with E-state index in [0.717, 1.165) is 5.56 Å². The first-order valence-electron chi connectivity index (χ1n) is 6.23. The number of carbonyl (C=O) groups excluding carboxylic acids is 1. The summed E-state index contributed by atoms with van der Waals surface area (Å²) in [6.45, 7) is 2.13. The summed E-state index contributed by atoms with van der Waals surface area (Å²) in [6, 6.07) is 3.99. The first kappa shape index (κ1) is 15.3. The minimum absolute atomic E-state index is 0.0283. The average Bonchev–Trinajstić information content (AvgIpc) is 2.87. The fraction of sp³-hybridized carbons (Fsp3) is 0.462. The predicted octanol–water partition coefficient (Wildman–Crippen LogP) is 1.97. The van der Waals surface area contributed by atoms with Crippen molar-refractivity contribution >= 4 is 27.6 Å². The number of carbonyl (C=O) groups is 1. The Labute approximate surface area is 123 Å². The van der Waals surface area contributed by atoms with Crippen molar-refractivity contribution in [2.75, 3.05) is 13.7 Å². The van der Waals surface area contributed by atoms with Gasteiger partial charge < -0.3 is 4.74 Å². The maximum atomic E-state index is 12.6. The summed E-state index contributed by atoms with van der Waals surface area (Å²) < 4.78 is 31.1. The molecule has 0 aliphatic carbocycles. The summed E-state index contributed by atoms with van der Waals surface area (Å²) in [5.74, 6) is -0.533. The van der Waals surface area contributed by atoms with E-state index in [1.54, 1.807) is 12.1 Å². The average molecular weight is 318 g/mol. The Kier molecular flexibility index (Phi) is 4.36. The summed E-state index contributed by atoms with van der Waals surface area (Å²) in [7, 11) is -2.54. The van der Waals surface area contributed by atoms with E-state index in [1.807, 2.05) is 6.92 Å². The molecule has 1 unspecified atom stereocenters. The molecule has 0 bridgehead atoms. The largest absolute Gasteiger partial charge is 0.468 e. The van der Waals surface area contributed by atoms with E-state index < -0.39 is 22.0 Å². The van der Waals surface area contributed by atoms with E-state index in [0.29, 0.717) is 19.4 Å². The quantitative estimate of drug-likeness (QED) is 0.800. The van der Waals surface area contributed by atoms with Gasteiger partial charge in [0, 0.05) is 6.54 Å². The van der Waals surface area contributed by atoms with E-state index in [2.05, 4.69) is 4.74 Å². The Balaban J connectivity index is 2.41. The number of aryl methyl sites for hydroxylation is 1. The van der Waals surface area contributed by atoms with Gasteiger partial charge in [0.1, 0.15) is 10.9 Å². The van der Waals surface area contributed by atoms with Crippen LogP contribution in [0.2, 0.25) is 5.02 Å². The molecule has 0 aromatic heterocycles. The van der Waals surface area contributed by atoms with Crippen LogP contribution in [0.25, 0.3) is 0 Å². The highest BCUT2D eigenvalue weighted by Gasteiger charge is 2.40. The second kappa shape index (κ2) is 5.71. The van der Waals surface area contributed by atoms with Gasteiger partial charge in [0.15, 0.2) is 0 Å². The predicted molar refractivity (Wildman–Crippen MR) is 75.1 cm³/mol. The van der Waals surface area contributed by atoms with Crippen molar-refractivity contribution in [3.05, 3.63) is 28.8 Å². The van der Waals surface area contributed by atoms with E-state index in [-0.39, 0.29) is 9.92 Å². The molecule has 1 aliphatic heterocycles. The molecule has 1 aromatic rings. The van der Waals surface area contributed by atoms with Gasteiger partial charge in [-0.2, -0.15) is 4.31 Å². The molecular weight excluding hydrogens is 302 g/mol. The van der Waals surface area contributed by atoms with Crippen molar-refractivity contribution in [3.63, 3.8) is 0 Å². The molecule has 5 nitrogen and oxygen atoms in total. The number of hydrogen-bond donors (Lipinski definition) is 0. The Morgan fingerprint density at radius 3 is 2.75 bits per heavy atom. The number of benzene rings is 1. The zero-order valence-electron chi connectivity index (χ0n) is 11.3. The Morgan fingerprint density at radius 2 is 2.15 bits per heavy atom. The van der Waals surface area contributed by atoms with Gasteiger partial charge in [-0.15, -0.1) is 0 Å². The van der Waals surface area contributed by atoms with Crippen LogP contribution in [0.4, 0.5) is 0 Å². The highest BCUT2D eigenvalue weighted by atomic mass is 35.5. The van der Waals surface area contributed by atoms with Crippen LogP contribution >= 0.6 is 11.6 Å². The highest BCUT2D eigenvalue weighted by molar-refractivity contribution is 7.89. The molecule has 7 heteroatoms. The van der Waals surface area contributed by atoms with Crippen molar-refractivity contribution in [3.8, 4) is 0 Å². The van der Waals surface area contributed by atoms with Gasteiger partial charge in [-0.3, -0.25) is 4.79 Å². The van der Waals surface area contributed by atoms with Gasteiger partial charge in [-0.05, 0) is 37.5 Å². The standard InChI is InChI=1S/C13H16ClNO4S/c1-9-5-6-12(10(14)8-9)20(17,18)15-7-3-4-11(15)13(16)19-2/h5-6,8,11H,3-4,7H2,1-2H3. The molecule has 2 rings (SSSR count). The maximum absolute atomic E-state index is 12.6. The smallest absolute Gasteiger partial charge is 0.324 e. The van der Waals surface area contributed by atoms with Gasteiger partial charge in [0.25, 0.3) is 0 Å². The lowest BCUT2D eigenvalue weighted by atomic mass is 10.2. The van der Waals surface area contributed by atoms with Crippen molar-refractivity contribution in [2.24, 2.45) is 0 Å². The van der Waals surface area contributed by atoms with Crippen LogP contribution in [0.3, 0.4) is 0 Å². The summed E-state index contributed by atoms with van der Waals surface area (Å²) in [5.41, 5.74) is 0.875. The van der Waals surface area contributed by atoms with Crippen molar-refractivity contribution in [1.29, 1.82) is 0 Å². The van der Waals surface area contributed by atoms with E-state index >= 15 is 0 Å². The van der Waals surface area contributed by atoms with Gasteiger partial charge in [-0.25, -0.2) is 8.42 Å². The monoisotopic (exact) mass is 317 g/mol. The number of rotatable bonds is 3. The SMILES string of the molecule is COC(=O)C1CCCN1S(=O)(=O)c1ccc(C)cc1Cl. The first-order valence-corrected chi connectivity index (χ1v) is 8.05. The third kappa shape index (κ3) is 2.68. The molecule has 0 radical (unpaired) electrons. The number of sulfonamides is 1. The molecule has 1 aliphatic rings. The molecule has 1 saturated heterocycles. The summed E-state index contributed by atoms with van der Waals surface area (Å²) in [4.78, 5) is 11.7. The molecule has 1 heterocycles. The van der Waals surface area contributed by atoms with Crippen molar-refractivity contribution in [1.82, 2.24) is 4.31 Å². The van der Waals surface area contributed by atoms with E-state index in [4.69, 9.17) is 11.6 Å². The van der Waals surface area contributed by atoms with Crippen LogP contribution in [-0.2, 0) is 19.6 Å². The lowest BCUT2D eigenvalue weighted by Crippen LogP contribution is -2.41. The molecule has 20 heavy (non-hydrogen) atoms. The third-order valence-corrected chi connectivity index (χ3v) is 5.74. The second-order valence-electron chi connectivity index (χ2n) is 4.73. The highest BCUT2D eigenvalue weighted by Crippen LogP contribution is 2.31. The summed E-state index contributed by atoms with van der Waals surface area (Å²) in [6.07, 6.45) is 1.10. The fourth-order valence-corrected chi connectivity index (χ4v) is 4.56. The lowest BCUT2D eigenvalue weighted by Gasteiger charge is -2.22. The first-order chi connectivity index (χ1) is 9.37. The maximum Gasteiger partial charge on any atom is 0.324 e. The number of ether oxygens (including phenoxy) is 1. The van der Waals surface area contributed by atoms with Gasteiger partial charge in [-0.1, -0.05) is 17.7 Å². The molecule has 110 valence electrons. The molecule has 0 N–H and O–H groups in total. The zero-order valence-corrected chi connectivity index (χ0v) is 12.9. The van der Waals surface area contributed by atoms with Crippen molar-refractivity contribution < 1.29 is 17.9 Å². The Hall–Kier alpha value is -1.11. The number of esters is 1. The minimum Gasteiger partial charge on any atom is -0.468 e. The van der Waals surface area contributed by atoms with Gasteiger partial charge in [0.2, 0.25) is 10.0 Å². The molecule has 0 saturated carbocycles. The number of hydrogen-bond acceptors (Lipinski definition) is 4. The van der Waals surface area contributed by atoms with Crippen LogP contribution in [-0.4, -0.2) is 38.4 Å². The molecule has 1 atom stereocenters. The lowest BCUT2D eigenvalue weighted by molar-refractivity contribution is -0.144. The van der Waals surface area contributed by atoms with Gasteiger partial charge >= 0.3 is 5.97 Å². The number of nitrogens with zero attached hydrogens (tertiary/aromatic N) is 1. The summed E-state index contributed by atoms with van der Waals surface area (Å²) in [5, 5.41) is 0.167. The number of halogens is 1. The van der Waals surface area contributed by atoms with Crippen LogP contribution in [0, 0.1) is 6.92 Å².